The minimum Gasteiger partial charge on any atom is -0.315 e. The predicted octanol–water partition coefficient (Wildman–Crippen LogP) is 0.926. The third-order valence-corrected chi connectivity index (χ3v) is 2.06. The van der Waals surface area contributed by atoms with E-state index in [4.69, 9.17) is 0 Å². The number of likely N-dealkylation sites (N-methyl/N-ethyl adjacent to an activating group) is 1. The van der Waals surface area contributed by atoms with Crippen molar-refractivity contribution in [3.8, 4) is 0 Å². The first-order chi connectivity index (χ1) is 6.06. The van der Waals surface area contributed by atoms with Crippen LogP contribution in [0.4, 0.5) is 4.79 Å². The molecule has 1 aliphatic rings. The SMILES string of the molecule is CCN1CC(=O)N(CC(C)C)C1=O. The Morgan fingerprint density at radius 1 is 1.38 bits per heavy atom. The molecule has 1 rings (SSSR count). The van der Waals surface area contributed by atoms with Crippen molar-refractivity contribution < 1.29 is 9.59 Å². The zero-order chi connectivity index (χ0) is 10.0. The van der Waals surface area contributed by atoms with E-state index in [1.54, 1.807) is 4.90 Å². The Morgan fingerprint density at radius 3 is 2.38 bits per heavy atom. The third kappa shape index (κ3) is 1.99. The molecule has 1 aliphatic heterocycles. The lowest BCUT2D eigenvalue weighted by Crippen LogP contribution is -2.35. The van der Waals surface area contributed by atoms with Crippen LogP contribution in [0.3, 0.4) is 0 Å². The van der Waals surface area contributed by atoms with Gasteiger partial charge in [-0.15, -0.1) is 0 Å². The molecule has 0 saturated carbocycles. The average molecular weight is 184 g/mol. The zero-order valence-corrected chi connectivity index (χ0v) is 8.41. The van der Waals surface area contributed by atoms with Crippen molar-refractivity contribution in [2.24, 2.45) is 5.92 Å². The van der Waals surface area contributed by atoms with Crippen LogP contribution in [0.2, 0.25) is 0 Å². The maximum atomic E-state index is 11.5. The highest BCUT2D eigenvalue weighted by atomic mass is 16.2. The minimum atomic E-state index is -0.138. The highest BCUT2D eigenvalue weighted by Crippen LogP contribution is 2.11. The van der Waals surface area contributed by atoms with Crippen LogP contribution in [-0.4, -0.2) is 41.4 Å². The Kier molecular flexibility index (Phi) is 2.90. The second-order valence-electron chi connectivity index (χ2n) is 3.69. The van der Waals surface area contributed by atoms with Gasteiger partial charge in [0.25, 0.3) is 0 Å². The van der Waals surface area contributed by atoms with Crippen molar-refractivity contribution in [3.63, 3.8) is 0 Å². The second kappa shape index (κ2) is 3.77. The van der Waals surface area contributed by atoms with Crippen LogP contribution >= 0.6 is 0 Å². The largest absolute Gasteiger partial charge is 0.327 e. The zero-order valence-electron chi connectivity index (χ0n) is 8.41. The highest BCUT2D eigenvalue weighted by Gasteiger charge is 2.34. The highest BCUT2D eigenvalue weighted by molar-refractivity contribution is 6.01. The number of nitrogens with zero attached hydrogens (tertiary/aromatic N) is 2. The van der Waals surface area contributed by atoms with Crippen LogP contribution in [0.1, 0.15) is 20.8 Å². The molecule has 0 spiro atoms. The van der Waals surface area contributed by atoms with E-state index >= 15 is 0 Å². The smallest absolute Gasteiger partial charge is 0.315 e. The number of hydrogen-bond donors (Lipinski definition) is 0. The maximum Gasteiger partial charge on any atom is 0.327 e. The molecule has 0 radical (unpaired) electrons. The second-order valence-corrected chi connectivity index (χ2v) is 3.69. The van der Waals surface area contributed by atoms with E-state index in [0.29, 0.717) is 19.0 Å². The van der Waals surface area contributed by atoms with Crippen LogP contribution in [0.25, 0.3) is 0 Å². The standard InChI is InChI=1S/C9H16N2O2/c1-4-10-6-8(12)11(9(10)13)5-7(2)3/h7H,4-6H2,1-3H3. The van der Waals surface area contributed by atoms with E-state index in [0.717, 1.165) is 0 Å². The van der Waals surface area contributed by atoms with Gasteiger partial charge in [0.15, 0.2) is 0 Å². The van der Waals surface area contributed by atoms with Crippen LogP contribution in [0.5, 0.6) is 0 Å². The fourth-order valence-electron chi connectivity index (χ4n) is 1.39. The van der Waals surface area contributed by atoms with E-state index in [-0.39, 0.29) is 18.5 Å². The van der Waals surface area contributed by atoms with Crippen LogP contribution < -0.4 is 0 Å². The Morgan fingerprint density at radius 2 is 2.00 bits per heavy atom. The summed E-state index contributed by atoms with van der Waals surface area (Å²) in [6.07, 6.45) is 0. The van der Waals surface area contributed by atoms with Crippen molar-refractivity contribution >= 4 is 11.9 Å². The number of amides is 3. The molecule has 3 amide bonds. The molecular weight excluding hydrogens is 168 g/mol. The minimum absolute atomic E-state index is 0.0689. The third-order valence-electron chi connectivity index (χ3n) is 2.06. The molecule has 1 fully saturated rings. The molecule has 13 heavy (non-hydrogen) atoms. The molecule has 1 heterocycles. The molecule has 0 bridgehead atoms. The van der Waals surface area contributed by atoms with Gasteiger partial charge in [0.2, 0.25) is 5.91 Å². The maximum absolute atomic E-state index is 11.5. The molecular formula is C9H16N2O2. The molecule has 4 heteroatoms. The number of carbonyl (C=O) groups is 2. The Labute approximate surface area is 78.5 Å². The van der Waals surface area contributed by atoms with Gasteiger partial charge < -0.3 is 4.90 Å². The van der Waals surface area contributed by atoms with Gasteiger partial charge in [-0.3, -0.25) is 9.69 Å². The molecule has 0 aromatic heterocycles. The van der Waals surface area contributed by atoms with Gasteiger partial charge in [0.1, 0.15) is 6.54 Å². The molecule has 0 aliphatic carbocycles. The molecule has 0 aromatic carbocycles. The lowest BCUT2D eigenvalue weighted by atomic mass is 10.2. The van der Waals surface area contributed by atoms with Gasteiger partial charge in [-0.1, -0.05) is 13.8 Å². The summed E-state index contributed by atoms with van der Waals surface area (Å²) in [7, 11) is 0. The van der Waals surface area contributed by atoms with Crippen molar-refractivity contribution in [1.29, 1.82) is 0 Å². The molecule has 74 valence electrons. The van der Waals surface area contributed by atoms with Crippen LogP contribution in [-0.2, 0) is 4.79 Å². The van der Waals surface area contributed by atoms with Crippen molar-refractivity contribution in [3.05, 3.63) is 0 Å². The first-order valence-electron chi connectivity index (χ1n) is 4.65. The number of rotatable bonds is 3. The molecule has 0 aromatic rings. The van der Waals surface area contributed by atoms with E-state index in [2.05, 4.69) is 0 Å². The fraction of sp³-hybridized carbons (Fsp3) is 0.778. The normalized spacial score (nSPS) is 17.8. The molecule has 0 N–H and O–H groups in total. The summed E-state index contributed by atoms with van der Waals surface area (Å²) < 4.78 is 0. The Hall–Kier alpha value is -1.06. The van der Waals surface area contributed by atoms with Crippen molar-refractivity contribution in [2.75, 3.05) is 19.6 Å². The molecule has 0 unspecified atom stereocenters. The van der Waals surface area contributed by atoms with E-state index in [1.165, 1.54) is 4.90 Å². The van der Waals surface area contributed by atoms with E-state index in [1.807, 2.05) is 20.8 Å². The van der Waals surface area contributed by atoms with Gasteiger partial charge >= 0.3 is 6.03 Å². The Bertz CT molecular complexity index is 226. The lowest BCUT2D eigenvalue weighted by molar-refractivity contribution is -0.125. The number of hydrogen-bond acceptors (Lipinski definition) is 2. The van der Waals surface area contributed by atoms with Gasteiger partial charge in [-0.2, -0.15) is 0 Å². The van der Waals surface area contributed by atoms with Gasteiger partial charge in [0, 0.05) is 13.1 Å². The molecule has 4 nitrogen and oxygen atoms in total. The van der Waals surface area contributed by atoms with Crippen molar-refractivity contribution in [2.45, 2.75) is 20.8 Å². The topological polar surface area (TPSA) is 40.6 Å². The van der Waals surface area contributed by atoms with E-state index < -0.39 is 0 Å². The molecule has 0 atom stereocenters. The quantitative estimate of drug-likeness (QED) is 0.612. The average Bonchev–Trinajstić information content (AvgIpc) is 2.31. The number of imide groups is 1. The van der Waals surface area contributed by atoms with Gasteiger partial charge in [-0.05, 0) is 12.8 Å². The predicted molar refractivity (Wildman–Crippen MR) is 49.2 cm³/mol. The first-order valence-corrected chi connectivity index (χ1v) is 4.65. The summed E-state index contributed by atoms with van der Waals surface area (Å²) in [5.74, 6) is 0.269. The summed E-state index contributed by atoms with van der Waals surface area (Å²) >= 11 is 0. The summed E-state index contributed by atoms with van der Waals surface area (Å²) in [5.41, 5.74) is 0. The van der Waals surface area contributed by atoms with Crippen LogP contribution in [0.15, 0.2) is 0 Å². The van der Waals surface area contributed by atoms with E-state index in [9.17, 15) is 9.59 Å². The summed E-state index contributed by atoms with van der Waals surface area (Å²) in [5, 5.41) is 0. The number of carbonyl (C=O) groups excluding carboxylic acids is 2. The van der Waals surface area contributed by atoms with Crippen molar-refractivity contribution in [1.82, 2.24) is 9.80 Å². The van der Waals surface area contributed by atoms with Gasteiger partial charge in [-0.25, -0.2) is 4.79 Å². The lowest BCUT2D eigenvalue weighted by Gasteiger charge is -2.17. The fourth-order valence-corrected chi connectivity index (χ4v) is 1.39. The molecule has 1 saturated heterocycles. The first kappa shape index (κ1) is 10.0. The van der Waals surface area contributed by atoms with Gasteiger partial charge in [0.05, 0.1) is 0 Å². The summed E-state index contributed by atoms with van der Waals surface area (Å²) in [6, 6.07) is -0.138. The number of urea groups is 1. The monoisotopic (exact) mass is 184 g/mol. The summed E-state index contributed by atoms with van der Waals surface area (Å²) in [4.78, 5) is 25.8. The Balaban J connectivity index is 2.65. The summed E-state index contributed by atoms with van der Waals surface area (Å²) in [6.45, 7) is 7.27. The van der Waals surface area contributed by atoms with Crippen LogP contribution in [0, 0.1) is 5.92 Å².